The van der Waals surface area contributed by atoms with Crippen LogP contribution in [0.5, 0.6) is 0 Å². The number of nitrogens with zero attached hydrogens (tertiary/aromatic N) is 10. The van der Waals surface area contributed by atoms with E-state index in [0.717, 1.165) is 101 Å². The summed E-state index contributed by atoms with van der Waals surface area (Å²) < 4.78 is 0. The summed E-state index contributed by atoms with van der Waals surface area (Å²) in [5.41, 5.74) is 14.0. The first kappa shape index (κ1) is 41.7. The van der Waals surface area contributed by atoms with Crippen LogP contribution in [0.2, 0.25) is 0 Å². The summed E-state index contributed by atoms with van der Waals surface area (Å²) in [6.45, 7) is 0. The van der Waals surface area contributed by atoms with Crippen molar-refractivity contribution in [3.05, 3.63) is 240 Å². The van der Waals surface area contributed by atoms with Gasteiger partial charge in [0.1, 0.15) is 0 Å². The van der Waals surface area contributed by atoms with Crippen molar-refractivity contribution in [2.45, 2.75) is 0 Å². The molecule has 0 saturated carbocycles. The fraction of sp³-hybridized carbons (Fsp3) is 0. The van der Waals surface area contributed by atoms with Gasteiger partial charge in [-0.05, 0) is 121 Å². The highest BCUT2D eigenvalue weighted by Gasteiger charge is 2.06. The molecule has 0 bridgehead atoms. The first-order valence-corrected chi connectivity index (χ1v) is 21.2. The molecule has 0 saturated heterocycles. The van der Waals surface area contributed by atoms with Crippen molar-refractivity contribution in [3.63, 3.8) is 0 Å². The molecule has 0 unspecified atom stereocenters. The van der Waals surface area contributed by atoms with Gasteiger partial charge >= 0.3 is 0 Å². The van der Waals surface area contributed by atoms with Crippen LogP contribution < -0.4 is 0 Å². The summed E-state index contributed by atoms with van der Waals surface area (Å²) >= 11 is 0. The second-order valence-electron chi connectivity index (χ2n) is 14.9. The molecule has 10 heterocycles. The molecule has 0 aliphatic heterocycles. The fourth-order valence-corrected chi connectivity index (χ4v) is 6.56. The number of hydrogen-bond donors (Lipinski definition) is 0. The third kappa shape index (κ3) is 10.6. The molecule has 0 atom stereocenters. The predicted octanol–water partition coefficient (Wildman–Crippen LogP) is 9.57. The largest absolute Gasteiger partial charge is 0.255 e. The normalized spacial score (nSPS) is 10.2. The molecule has 0 aliphatic rings. The van der Waals surface area contributed by atoms with Crippen molar-refractivity contribution in [2.75, 3.05) is 0 Å². The SMILES string of the molecule is C(#Cc1ccc(-c2ccc(C#Cc3ccc(-c4ccc(C#Cc5ccc(-c6ccc(C#Cc7ccc(-c8ccccn8)nc7)cn6)nc5)cn4)nc3)cn2)nc1)c1ccc(-c2ccccn2)nc1. The number of pyridine rings is 10. The summed E-state index contributed by atoms with van der Waals surface area (Å²) in [5.74, 6) is 25.3. The molecule has 10 heteroatoms. The van der Waals surface area contributed by atoms with Gasteiger partial charge in [0.25, 0.3) is 0 Å². The van der Waals surface area contributed by atoms with Gasteiger partial charge in [-0.2, -0.15) is 0 Å². The molecule has 10 nitrogen and oxygen atoms in total. The van der Waals surface area contributed by atoms with Gasteiger partial charge in [-0.3, -0.25) is 49.8 Å². The monoisotopic (exact) mass is 868 g/mol. The highest BCUT2D eigenvalue weighted by Crippen LogP contribution is 2.19. The molecule has 10 aromatic rings. The Hall–Kier alpha value is -10.3. The van der Waals surface area contributed by atoms with E-state index in [1.807, 2.05) is 133 Å². The highest BCUT2D eigenvalue weighted by molar-refractivity contribution is 5.61. The molecule has 0 N–H and O–H groups in total. The lowest BCUT2D eigenvalue weighted by Crippen LogP contribution is -1.90. The standard InChI is InChI=1S/C58H32N10/c1-3-31-59-49(5-1)51-23-15-41(33-61-51)7-9-43-17-25-53(63-35-43)55-27-19-45(37-65-55)11-13-47-21-29-57(67-39-47)58-30-22-48(40-68-58)14-12-46-20-28-56(66-38-46)54-26-18-44(36-64-54)10-8-42-16-24-52(62-34-42)50-6-2-4-32-60-50/h1-6,15-40H. The zero-order valence-corrected chi connectivity index (χ0v) is 35.9. The molecule has 0 aromatic carbocycles. The van der Waals surface area contributed by atoms with E-state index in [1.54, 1.807) is 62.0 Å². The van der Waals surface area contributed by atoms with E-state index in [2.05, 4.69) is 97.2 Å². The smallest absolute Gasteiger partial charge is 0.0887 e. The Morgan fingerprint density at radius 3 is 0.485 bits per heavy atom. The van der Waals surface area contributed by atoms with Crippen LogP contribution in [-0.4, -0.2) is 49.8 Å². The average Bonchev–Trinajstić information content (AvgIpc) is 3.42. The molecule has 0 spiro atoms. The lowest BCUT2D eigenvalue weighted by Gasteiger charge is -2.01. The molecular weight excluding hydrogens is 837 g/mol. The maximum Gasteiger partial charge on any atom is 0.0887 e. The summed E-state index contributed by atoms with van der Waals surface area (Å²) in [5, 5.41) is 0. The van der Waals surface area contributed by atoms with E-state index in [1.165, 1.54) is 0 Å². The second kappa shape index (κ2) is 20.1. The van der Waals surface area contributed by atoms with Crippen LogP contribution in [0.4, 0.5) is 0 Å². The Bertz CT molecular complexity index is 3350. The van der Waals surface area contributed by atoms with Crippen LogP contribution in [0.1, 0.15) is 44.5 Å². The Balaban J connectivity index is 0.702. The topological polar surface area (TPSA) is 129 Å². The van der Waals surface area contributed by atoms with Gasteiger partial charge in [-0.25, -0.2) is 0 Å². The molecule has 10 rings (SSSR count). The van der Waals surface area contributed by atoms with Gasteiger partial charge in [-0.1, -0.05) is 59.5 Å². The lowest BCUT2D eigenvalue weighted by molar-refractivity contribution is 1.23. The molecule has 10 aromatic heterocycles. The van der Waals surface area contributed by atoms with Crippen LogP contribution in [-0.2, 0) is 0 Å². The van der Waals surface area contributed by atoms with Crippen LogP contribution >= 0.6 is 0 Å². The van der Waals surface area contributed by atoms with Crippen LogP contribution in [0.15, 0.2) is 195 Å². The Morgan fingerprint density at radius 2 is 0.353 bits per heavy atom. The number of hydrogen-bond acceptors (Lipinski definition) is 10. The summed E-state index contributed by atoms with van der Waals surface area (Å²) in [4.78, 5) is 45.2. The lowest BCUT2D eigenvalue weighted by atomic mass is 10.1. The first-order chi connectivity index (χ1) is 33.6. The van der Waals surface area contributed by atoms with Crippen molar-refractivity contribution in [1.29, 1.82) is 0 Å². The van der Waals surface area contributed by atoms with Gasteiger partial charge in [0, 0.05) is 106 Å². The molecule has 0 radical (unpaired) electrons. The minimum atomic E-state index is 0.732. The quantitative estimate of drug-likeness (QED) is 0.154. The predicted molar refractivity (Wildman–Crippen MR) is 261 cm³/mol. The first-order valence-electron chi connectivity index (χ1n) is 21.2. The molecule has 0 fully saturated rings. The van der Waals surface area contributed by atoms with Gasteiger partial charge in [0.2, 0.25) is 0 Å². The summed E-state index contributed by atoms with van der Waals surface area (Å²) in [6.07, 6.45) is 17.4. The van der Waals surface area contributed by atoms with E-state index >= 15 is 0 Å². The fourth-order valence-electron chi connectivity index (χ4n) is 6.56. The summed E-state index contributed by atoms with van der Waals surface area (Å²) in [6, 6.07) is 42.2. The van der Waals surface area contributed by atoms with E-state index in [0.29, 0.717) is 0 Å². The van der Waals surface area contributed by atoms with E-state index in [9.17, 15) is 0 Å². The highest BCUT2D eigenvalue weighted by atomic mass is 14.8. The van der Waals surface area contributed by atoms with Crippen molar-refractivity contribution in [1.82, 2.24) is 49.8 Å². The minimum Gasteiger partial charge on any atom is -0.255 e. The van der Waals surface area contributed by atoms with Crippen LogP contribution in [0.25, 0.3) is 56.9 Å². The Kier molecular flexibility index (Phi) is 12.3. The van der Waals surface area contributed by atoms with E-state index < -0.39 is 0 Å². The third-order valence-corrected chi connectivity index (χ3v) is 10.2. The average molecular weight is 869 g/mol. The van der Waals surface area contributed by atoms with Gasteiger partial charge in [-0.15, -0.1) is 0 Å². The van der Waals surface area contributed by atoms with Crippen molar-refractivity contribution >= 4 is 0 Å². The van der Waals surface area contributed by atoms with E-state index in [4.69, 9.17) is 0 Å². The van der Waals surface area contributed by atoms with Crippen molar-refractivity contribution < 1.29 is 0 Å². The molecule has 314 valence electrons. The van der Waals surface area contributed by atoms with Crippen LogP contribution in [0, 0.1) is 47.4 Å². The zero-order valence-electron chi connectivity index (χ0n) is 35.9. The van der Waals surface area contributed by atoms with E-state index in [-0.39, 0.29) is 0 Å². The number of rotatable bonds is 5. The Labute approximate surface area is 392 Å². The van der Waals surface area contributed by atoms with Crippen LogP contribution in [0.3, 0.4) is 0 Å². The maximum absolute atomic E-state index is 4.60. The summed E-state index contributed by atoms with van der Waals surface area (Å²) in [7, 11) is 0. The van der Waals surface area contributed by atoms with Gasteiger partial charge in [0.05, 0.1) is 56.9 Å². The molecule has 0 amide bonds. The third-order valence-electron chi connectivity index (χ3n) is 10.2. The van der Waals surface area contributed by atoms with Gasteiger partial charge in [0.15, 0.2) is 0 Å². The maximum atomic E-state index is 4.60. The zero-order chi connectivity index (χ0) is 45.7. The minimum absolute atomic E-state index is 0.732. The number of aromatic nitrogens is 10. The second-order valence-corrected chi connectivity index (χ2v) is 14.9. The molecule has 68 heavy (non-hydrogen) atoms. The van der Waals surface area contributed by atoms with Gasteiger partial charge < -0.3 is 0 Å². The van der Waals surface area contributed by atoms with Crippen molar-refractivity contribution in [3.8, 4) is 104 Å². The van der Waals surface area contributed by atoms with Crippen molar-refractivity contribution in [2.24, 2.45) is 0 Å². The molecular formula is C58H32N10. The molecule has 0 aliphatic carbocycles. The Morgan fingerprint density at radius 1 is 0.176 bits per heavy atom.